The van der Waals surface area contributed by atoms with Gasteiger partial charge in [0.2, 0.25) is 0 Å². The van der Waals surface area contributed by atoms with Gasteiger partial charge in [0.1, 0.15) is 12.4 Å². The second-order valence-corrected chi connectivity index (χ2v) is 3.71. The maximum absolute atomic E-state index is 11.3. The van der Waals surface area contributed by atoms with Crippen LogP contribution >= 0.6 is 0 Å². The third-order valence-electron chi connectivity index (χ3n) is 2.13. The van der Waals surface area contributed by atoms with E-state index in [4.69, 9.17) is 9.84 Å². The van der Waals surface area contributed by atoms with Crippen LogP contribution in [0.5, 0.6) is 5.75 Å². The third-order valence-corrected chi connectivity index (χ3v) is 2.13. The molecule has 1 aromatic carbocycles. The predicted molar refractivity (Wildman–Crippen MR) is 69.1 cm³/mol. The molecule has 0 amide bonds. The Balaban J connectivity index is 0.00000121. The lowest BCUT2D eigenvalue weighted by Gasteiger charge is -2.07. The van der Waals surface area contributed by atoms with Crippen molar-refractivity contribution >= 4 is 5.78 Å². The molecule has 0 bridgehead atoms. The van der Waals surface area contributed by atoms with E-state index >= 15 is 0 Å². The zero-order valence-corrected chi connectivity index (χ0v) is 11.1. The van der Waals surface area contributed by atoms with E-state index in [1.807, 2.05) is 27.7 Å². The van der Waals surface area contributed by atoms with E-state index in [0.29, 0.717) is 5.75 Å². The summed E-state index contributed by atoms with van der Waals surface area (Å²) in [5.41, 5.74) is 0.831. The highest BCUT2D eigenvalue weighted by atomic mass is 16.5. The van der Waals surface area contributed by atoms with Crippen LogP contribution in [0.1, 0.15) is 33.3 Å². The van der Waals surface area contributed by atoms with Gasteiger partial charge in [0.05, 0.1) is 6.61 Å². The lowest BCUT2D eigenvalue weighted by atomic mass is 10.1. The molecule has 3 heteroatoms. The van der Waals surface area contributed by atoms with Crippen molar-refractivity contribution in [3.63, 3.8) is 0 Å². The van der Waals surface area contributed by atoms with Crippen molar-refractivity contribution in [1.82, 2.24) is 0 Å². The van der Waals surface area contributed by atoms with Crippen molar-refractivity contribution in [3.05, 3.63) is 29.8 Å². The van der Waals surface area contributed by atoms with Gasteiger partial charge in [-0.25, -0.2) is 0 Å². The van der Waals surface area contributed by atoms with E-state index in [9.17, 15) is 4.79 Å². The number of hydrogen-bond acceptors (Lipinski definition) is 3. The first-order valence-electron chi connectivity index (χ1n) is 5.99. The Hall–Kier alpha value is -1.35. The first kappa shape index (κ1) is 15.7. The maximum atomic E-state index is 11.3. The molecule has 96 valence electrons. The van der Waals surface area contributed by atoms with E-state index in [-0.39, 0.29) is 24.9 Å². The summed E-state index contributed by atoms with van der Waals surface area (Å²) in [5.74, 6) is 0.740. The summed E-state index contributed by atoms with van der Waals surface area (Å²) in [5, 5.41) is 8.82. The molecule has 0 radical (unpaired) electrons. The predicted octanol–water partition coefficient (Wildman–Crippen LogP) is 2.81. The monoisotopic (exact) mass is 238 g/mol. The number of benzene rings is 1. The van der Waals surface area contributed by atoms with E-state index in [0.717, 1.165) is 5.56 Å². The summed E-state index contributed by atoms with van der Waals surface area (Å²) in [7, 11) is 0. The number of carbonyl (C=O) groups excluding carboxylic acids is 1. The van der Waals surface area contributed by atoms with Crippen LogP contribution in [0.4, 0.5) is 0 Å². The highest BCUT2D eigenvalue weighted by molar-refractivity contribution is 5.81. The molecule has 0 saturated carbocycles. The Morgan fingerprint density at radius 1 is 1.24 bits per heavy atom. The van der Waals surface area contributed by atoms with Gasteiger partial charge in [-0.15, -0.1) is 0 Å². The molecule has 0 aromatic heterocycles. The molecule has 0 fully saturated rings. The number of ketones is 1. The Labute approximate surface area is 103 Å². The second kappa shape index (κ2) is 8.76. The van der Waals surface area contributed by atoms with E-state index in [2.05, 4.69) is 0 Å². The average molecular weight is 238 g/mol. The van der Waals surface area contributed by atoms with Crippen LogP contribution in [0, 0.1) is 5.92 Å². The van der Waals surface area contributed by atoms with Crippen LogP contribution in [0.2, 0.25) is 0 Å². The van der Waals surface area contributed by atoms with Crippen molar-refractivity contribution in [2.75, 3.05) is 6.61 Å². The Kier molecular flexibility index (Phi) is 8.07. The van der Waals surface area contributed by atoms with Crippen molar-refractivity contribution in [1.29, 1.82) is 0 Å². The van der Waals surface area contributed by atoms with Gasteiger partial charge >= 0.3 is 0 Å². The van der Waals surface area contributed by atoms with E-state index in [1.165, 1.54) is 0 Å². The number of ether oxygens (including phenoxy) is 1. The molecular weight excluding hydrogens is 216 g/mol. The fourth-order valence-electron chi connectivity index (χ4n) is 1.01. The molecule has 0 atom stereocenters. The van der Waals surface area contributed by atoms with Crippen molar-refractivity contribution < 1.29 is 14.6 Å². The zero-order valence-electron chi connectivity index (χ0n) is 11.1. The molecule has 0 saturated heterocycles. The van der Waals surface area contributed by atoms with Gasteiger partial charge in [0.15, 0.2) is 5.78 Å². The highest BCUT2D eigenvalue weighted by Gasteiger charge is 2.07. The summed E-state index contributed by atoms with van der Waals surface area (Å²) < 4.78 is 5.30. The van der Waals surface area contributed by atoms with Gasteiger partial charge in [-0.2, -0.15) is 0 Å². The maximum Gasteiger partial charge on any atom is 0.172 e. The lowest BCUT2D eigenvalue weighted by Crippen LogP contribution is -2.16. The normalized spacial score (nSPS) is 9.53. The number of Topliss-reactive ketones (excluding diaryl/α,β-unsaturated/α-hetero) is 1. The van der Waals surface area contributed by atoms with Gasteiger partial charge in [0.25, 0.3) is 0 Å². The van der Waals surface area contributed by atoms with E-state index < -0.39 is 0 Å². The molecule has 17 heavy (non-hydrogen) atoms. The Bertz CT molecular complexity index is 315. The summed E-state index contributed by atoms with van der Waals surface area (Å²) in [6.45, 7) is 7.82. The molecular formula is C14H22O3. The largest absolute Gasteiger partial charge is 0.486 e. The summed E-state index contributed by atoms with van der Waals surface area (Å²) >= 11 is 0. The van der Waals surface area contributed by atoms with Crippen molar-refractivity contribution in [2.45, 2.75) is 34.3 Å². The molecule has 0 unspecified atom stereocenters. The minimum absolute atomic E-state index is 0.00159. The number of aliphatic hydroxyl groups excluding tert-OH is 1. The highest BCUT2D eigenvalue weighted by Crippen LogP contribution is 2.12. The average Bonchev–Trinajstić information content (AvgIpc) is 2.38. The molecule has 0 aliphatic heterocycles. The summed E-state index contributed by atoms with van der Waals surface area (Å²) in [4.78, 5) is 11.3. The molecule has 3 nitrogen and oxygen atoms in total. The molecule has 0 spiro atoms. The molecule has 1 aromatic rings. The Morgan fingerprint density at radius 2 is 1.76 bits per heavy atom. The zero-order chi connectivity index (χ0) is 13.3. The SMILES string of the molecule is CC.CC(C)C(=O)COc1ccc(CO)cc1. The summed E-state index contributed by atoms with van der Waals surface area (Å²) in [6.07, 6.45) is 0. The Morgan fingerprint density at radius 3 is 2.18 bits per heavy atom. The van der Waals surface area contributed by atoms with E-state index in [1.54, 1.807) is 24.3 Å². The third kappa shape index (κ3) is 6.07. The lowest BCUT2D eigenvalue weighted by molar-refractivity contribution is -0.123. The van der Waals surface area contributed by atoms with Crippen LogP contribution < -0.4 is 4.74 Å². The first-order valence-corrected chi connectivity index (χ1v) is 5.99. The van der Waals surface area contributed by atoms with Crippen LogP contribution in [0.3, 0.4) is 0 Å². The fourth-order valence-corrected chi connectivity index (χ4v) is 1.01. The van der Waals surface area contributed by atoms with Gasteiger partial charge in [-0.1, -0.05) is 39.8 Å². The second-order valence-electron chi connectivity index (χ2n) is 3.71. The number of hydrogen-bond donors (Lipinski definition) is 1. The standard InChI is InChI=1S/C12H16O3.C2H6/c1-9(2)12(14)8-15-11-5-3-10(7-13)4-6-11;1-2/h3-6,9,13H,7-8H2,1-2H3;1-2H3. The number of rotatable bonds is 5. The topological polar surface area (TPSA) is 46.5 Å². The van der Waals surface area contributed by atoms with Crippen LogP contribution in [-0.2, 0) is 11.4 Å². The minimum atomic E-state index is 0.00159. The molecule has 0 aliphatic carbocycles. The number of carbonyl (C=O) groups is 1. The van der Waals surface area contributed by atoms with Crippen LogP contribution in [-0.4, -0.2) is 17.5 Å². The molecule has 1 rings (SSSR count). The van der Waals surface area contributed by atoms with Crippen LogP contribution in [0.25, 0.3) is 0 Å². The van der Waals surface area contributed by atoms with Gasteiger partial charge in [-0.05, 0) is 17.7 Å². The minimum Gasteiger partial charge on any atom is -0.486 e. The van der Waals surface area contributed by atoms with Crippen LogP contribution in [0.15, 0.2) is 24.3 Å². The van der Waals surface area contributed by atoms with Crippen molar-refractivity contribution in [3.8, 4) is 5.75 Å². The molecule has 0 heterocycles. The fraction of sp³-hybridized carbons (Fsp3) is 0.500. The van der Waals surface area contributed by atoms with Crippen molar-refractivity contribution in [2.24, 2.45) is 5.92 Å². The molecule has 0 aliphatic rings. The summed E-state index contributed by atoms with van der Waals surface area (Å²) in [6, 6.07) is 7.04. The van der Waals surface area contributed by atoms with Gasteiger partial charge < -0.3 is 9.84 Å². The quantitative estimate of drug-likeness (QED) is 0.858. The van der Waals surface area contributed by atoms with Gasteiger partial charge in [0, 0.05) is 5.92 Å². The van der Waals surface area contributed by atoms with Gasteiger partial charge in [-0.3, -0.25) is 4.79 Å². The number of aliphatic hydroxyl groups is 1. The smallest absolute Gasteiger partial charge is 0.172 e. The first-order chi connectivity index (χ1) is 8.13. The molecule has 1 N–H and O–H groups in total.